The molecule has 0 aliphatic heterocycles. The summed E-state index contributed by atoms with van der Waals surface area (Å²) in [6.45, 7) is 1.55. The number of hydrogen-bond acceptors (Lipinski definition) is 5. The second kappa shape index (κ2) is 8.28. The largest absolute Gasteiger partial charge is 0.454 e. The van der Waals surface area contributed by atoms with E-state index in [0.29, 0.717) is 11.1 Å². The first-order valence-electron chi connectivity index (χ1n) is 9.72. The van der Waals surface area contributed by atoms with Crippen LogP contribution in [0.3, 0.4) is 0 Å². The van der Waals surface area contributed by atoms with Gasteiger partial charge in [0, 0.05) is 22.3 Å². The molecule has 0 atom stereocenters. The molecule has 0 amide bonds. The number of carbonyl (C=O) groups excluding carboxylic acids is 4. The van der Waals surface area contributed by atoms with Crippen molar-refractivity contribution in [2.75, 3.05) is 6.61 Å². The number of Topliss-reactive ketones (excluding diaryl/α,β-unsaturated/α-hetero) is 1. The summed E-state index contributed by atoms with van der Waals surface area (Å²) in [5.74, 6) is -1.97. The molecule has 1 aliphatic carbocycles. The highest BCUT2D eigenvalue weighted by atomic mass is 35.5. The number of ether oxygens (including phenoxy) is 1. The molecule has 3 aromatic carbocycles. The third kappa shape index (κ3) is 3.68. The molecule has 0 heterocycles. The van der Waals surface area contributed by atoms with Gasteiger partial charge in [-0.25, -0.2) is 4.79 Å². The maximum Gasteiger partial charge on any atom is 0.340 e. The van der Waals surface area contributed by atoms with Crippen molar-refractivity contribution in [1.82, 2.24) is 0 Å². The standard InChI is InChI=1S/C25H17ClO5/c1-2-14-7-9-15(10-8-14)20(27)13-31-25(30)19-12-11-18-21(22(19)26)24(29)17-6-4-3-5-16(17)23(18)28/h3-12H,2,13H2,1H3. The lowest BCUT2D eigenvalue weighted by Gasteiger charge is -2.19. The van der Waals surface area contributed by atoms with Crippen molar-refractivity contribution < 1.29 is 23.9 Å². The second-order valence-electron chi connectivity index (χ2n) is 7.10. The van der Waals surface area contributed by atoms with E-state index in [0.717, 1.165) is 12.0 Å². The van der Waals surface area contributed by atoms with Gasteiger partial charge in [-0.1, -0.05) is 67.1 Å². The summed E-state index contributed by atoms with van der Waals surface area (Å²) in [7, 11) is 0. The Morgan fingerprint density at radius 3 is 2.13 bits per heavy atom. The van der Waals surface area contributed by atoms with E-state index in [2.05, 4.69) is 0 Å². The molecule has 0 saturated heterocycles. The van der Waals surface area contributed by atoms with E-state index in [4.69, 9.17) is 16.3 Å². The number of hydrogen-bond donors (Lipinski definition) is 0. The van der Waals surface area contributed by atoms with Gasteiger partial charge in [0.2, 0.25) is 0 Å². The van der Waals surface area contributed by atoms with E-state index in [1.165, 1.54) is 12.1 Å². The zero-order chi connectivity index (χ0) is 22.1. The molecule has 0 saturated carbocycles. The molecule has 1 aliphatic rings. The lowest BCUT2D eigenvalue weighted by Crippen LogP contribution is -2.23. The highest BCUT2D eigenvalue weighted by molar-refractivity contribution is 6.41. The van der Waals surface area contributed by atoms with Crippen molar-refractivity contribution >= 4 is 34.9 Å². The number of fused-ring (bicyclic) bond motifs is 2. The Balaban J connectivity index is 1.56. The topological polar surface area (TPSA) is 77.5 Å². The van der Waals surface area contributed by atoms with E-state index in [9.17, 15) is 19.2 Å². The van der Waals surface area contributed by atoms with Gasteiger partial charge < -0.3 is 4.74 Å². The third-order valence-electron chi connectivity index (χ3n) is 5.27. The van der Waals surface area contributed by atoms with Crippen LogP contribution in [-0.4, -0.2) is 29.9 Å². The van der Waals surface area contributed by atoms with Gasteiger partial charge in [0.15, 0.2) is 24.0 Å². The van der Waals surface area contributed by atoms with Gasteiger partial charge in [0.25, 0.3) is 0 Å². The van der Waals surface area contributed by atoms with Crippen LogP contribution in [0.4, 0.5) is 0 Å². The van der Waals surface area contributed by atoms with Crippen LogP contribution in [0.5, 0.6) is 0 Å². The van der Waals surface area contributed by atoms with Crippen molar-refractivity contribution in [2.24, 2.45) is 0 Å². The van der Waals surface area contributed by atoms with Crippen molar-refractivity contribution in [2.45, 2.75) is 13.3 Å². The maximum atomic E-state index is 12.9. The normalized spacial score (nSPS) is 12.2. The smallest absolute Gasteiger partial charge is 0.340 e. The monoisotopic (exact) mass is 432 g/mol. The number of esters is 1. The first-order chi connectivity index (χ1) is 14.9. The molecule has 4 rings (SSSR count). The molecule has 5 nitrogen and oxygen atoms in total. The van der Waals surface area contributed by atoms with E-state index in [1.807, 2.05) is 19.1 Å². The number of rotatable bonds is 5. The second-order valence-corrected chi connectivity index (χ2v) is 7.48. The Morgan fingerprint density at radius 1 is 0.839 bits per heavy atom. The molecule has 3 aromatic rings. The Hall–Kier alpha value is -3.57. The van der Waals surface area contributed by atoms with E-state index in [-0.39, 0.29) is 38.8 Å². The van der Waals surface area contributed by atoms with Gasteiger partial charge in [-0.05, 0) is 24.1 Å². The van der Waals surface area contributed by atoms with Crippen molar-refractivity contribution in [3.05, 3.63) is 105 Å². The average molecular weight is 433 g/mol. The SMILES string of the molecule is CCc1ccc(C(=O)COC(=O)c2ccc3c(c2Cl)C(=O)c2ccccc2C3=O)cc1. The number of aryl methyl sites for hydroxylation is 1. The zero-order valence-corrected chi connectivity index (χ0v) is 17.4. The van der Waals surface area contributed by atoms with Gasteiger partial charge in [0.05, 0.1) is 16.1 Å². The quantitative estimate of drug-likeness (QED) is 0.337. The fraction of sp³-hybridized carbons (Fsp3) is 0.120. The Labute approximate surface area is 183 Å². The fourth-order valence-corrected chi connectivity index (χ4v) is 3.85. The highest BCUT2D eigenvalue weighted by Crippen LogP contribution is 2.34. The van der Waals surface area contributed by atoms with E-state index < -0.39 is 18.4 Å². The van der Waals surface area contributed by atoms with Gasteiger partial charge in [-0.15, -0.1) is 0 Å². The molecular formula is C25H17ClO5. The van der Waals surface area contributed by atoms with Crippen LogP contribution in [0.2, 0.25) is 5.02 Å². The summed E-state index contributed by atoms with van der Waals surface area (Å²) >= 11 is 6.36. The van der Waals surface area contributed by atoms with Crippen LogP contribution in [0, 0.1) is 0 Å². The summed E-state index contributed by atoms with van der Waals surface area (Å²) < 4.78 is 5.14. The van der Waals surface area contributed by atoms with Crippen LogP contribution in [0.1, 0.15) is 65.0 Å². The predicted octanol–water partition coefficient (Wildman–Crippen LogP) is 4.72. The first-order valence-corrected chi connectivity index (χ1v) is 10.1. The molecule has 31 heavy (non-hydrogen) atoms. The number of halogens is 1. The molecule has 0 radical (unpaired) electrons. The van der Waals surface area contributed by atoms with Crippen molar-refractivity contribution in [3.63, 3.8) is 0 Å². The van der Waals surface area contributed by atoms with Crippen molar-refractivity contribution in [3.8, 4) is 0 Å². The molecule has 0 bridgehead atoms. The molecule has 154 valence electrons. The van der Waals surface area contributed by atoms with Gasteiger partial charge in [0.1, 0.15) is 0 Å². The predicted molar refractivity (Wildman–Crippen MR) is 115 cm³/mol. The molecular weight excluding hydrogens is 416 g/mol. The zero-order valence-electron chi connectivity index (χ0n) is 16.6. The molecule has 0 spiro atoms. The van der Waals surface area contributed by atoms with Crippen LogP contribution in [0.15, 0.2) is 60.7 Å². The van der Waals surface area contributed by atoms with Gasteiger partial charge in [-0.2, -0.15) is 0 Å². The summed E-state index contributed by atoms with van der Waals surface area (Å²) in [5.41, 5.74) is 2.09. The Bertz CT molecular complexity index is 1240. The molecule has 0 N–H and O–H groups in total. The molecule has 6 heteroatoms. The van der Waals surface area contributed by atoms with Crippen LogP contribution < -0.4 is 0 Å². The van der Waals surface area contributed by atoms with Gasteiger partial charge >= 0.3 is 5.97 Å². The van der Waals surface area contributed by atoms with E-state index >= 15 is 0 Å². The number of benzene rings is 3. The first kappa shape index (κ1) is 20.7. The molecule has 0 aromatic heterocycles. The lowest BCUT2D eigenvalue weighted by molar-refractivity contribution is 0.0474. The number of carbonyl (C=O) groups is 4. The minimum atomic E-state index is -0.842. The van der Waals surface area contributed by atoms with Crippen LogP contribution in [-0.2, 0) is 11.2 Å². The minimum Gasteiger partial charge on any atom is -0.454 e. The Kier molecular flexibility index (Phi) is 5.53. The summed E-state index contributed by atoms with van der Waals surface area (Å²) in [6, 6.07) is 16.2. The lowest BCUT2D eigenvalue weighted by atomic mass is 9.83. The van der Waals surface area contributed by atoms with E-state index in [1.54, 1.807) is 36.4 Å². The number of ketones is 3. The highest BCUT2D eigenvalue weighted by Gasteiger charge is 2.33. The van der Waals surface area contributed by atoms with Crippen LogP contribution >= 0.6 is 11.6 Å². The molecule has 0 fully saturated rings. The molecule has 0 unspecified atom stereocenters. The fourth-order valence-electron chi connectivity index (χ4n) is 3.52. The minimum absolute atomic E-state index is 0.0266. The Morgan fingerprint density at radius 2 is 1.48 bits per heavy atom. The van der Waals surface area contributed by atoms with Gasteiger partial charge in [-0.3, -0.25) is 14.4 Å². The summed E-state index contributed by atoms with van der Waals surface area (Å²) in [6.07, 6.45) is 0.853. The van der Waals surface area contributed by atoms with Crippen molar-refractivity contribution in [1.29, 1.82) is 0 Å². The summed E-state index contributed by atoms with van der Waals surface area (Å²) in [4.78, 5) is 50.5. The third-order valence-corrected chi connectivity index (χ3v) is 5.66. The summed E-state index contributed by atoms with van der Waals surface area (Å²) in [5, 5.41) is -0.157. The maximum absolute atomic E-state index is 12.9. The van der Waals surface area contributed by atoms with Crippen LogP contribution in [0.25, 0.3) is 0 Å². The average Bonchev–Trinajstić information content (AvgIpc) is 2.80.